The lowest BCUT2D eigenvalue weighted by Crippen LogP contribution is -2.47. The van der Waals surface area contributed by atoms with Gasteiger partial charge >= 0.3 is 0 Å². The number of ether oxygens (including phenoxy) is 1. The van der Waals surface area contributed by atoms with Gasteiger partial charge in [-0.05, 0) is 55.5 Å². The van der Waals surface area contributed by atoms with E-state index in [-0.39, 0.29) is 0 Å². The molecule has 2 saturated heterocycles. The molecule has 2 fully saturated rings. The molecule has 0 bridgehead atoms. The number of nitrogens with one attached hydrogen (secondary N) is 1. The zero-order chi connectivity index (χ0) is 16.2. The summed E-state index contributed by atoms with van der Waals surface area (Å²) in [5.41, 5.74) is 0.770. The van der Waals surface area contributed by atoms with Gasteiger partial charge in [-0.3, -0.25) is 4.90 Å². The van der Waals surface area contributed by atoms with E-state index in [0.29, 0.717) is 16.9 Å². The Labute approximate surface area is 138 Å². The molecule has 2 atom stereocenters. The van der Waals surface area contributed by atoms with E-state index in [2.05, 4.69) is 44.8 Å². The molecule has 0 saturated carbocycles. The van der Waals surface area contributed by atoms with Crippen molar-refractivity contribution < 1.29 is 4.74 Å². The molecule has 0 aromatic carbocycles. The molecule has 130 valence electrons. The van der Waals surface area contributed by atoms with E-state index in [4.69, 9.17) is 4.74 Å². The Hall–Kier alpha value is -0.120. The molecule has 22 heavy (non-hydrogen) atoms. The van der Waals surface area contributed by atoms with Crippen LogP contribution in [0.1, 0.15) is 60.3 Å². The fourth-order valence-electron chi connectivity index (χ4n) is 4.27. The van der Waals surface area contributed by atoms with Crippen molar-refractivity contribution in [2.24, 2.45) is 16.7 Å². The highest BCUT2D eigenvalue weighted by atomic mass is 16.5. The molecule has 1 N–H and O–H groups in total. The third-order valence-electron chi connectivity index (χ3n) is 5.36. The van der Waals surface area contributed by atoms with E-state index in [1.165, 1.54) is 45.3 Å². The summed E-state index contributed by atoms with van der Waals surface area (Å²) in [5, 5.41) is 3.55. The summed E-state index contributed by atoms with van der Waals surface area (Å²) in [5.74, 6) is 0.837. The highest BCUT2D eigenvalue weighted by Gasteiger charge is 2.34. The van der Waals surface area contributed by atoms with Gasteiger partial charge < -0.3 is 10.1 Å². The minimum atomic E-state index is 0.379. The van der Waals surface area contributed by atoms with Crippen molar-refractivity contribution in [2.45, 2.75) is 66.4 Å². The van der Waals surface area contributed by atoms with Gasteiger partial charge in [-0.15, -0.1) is 0 Å². The molecule has 2 rings (SSSR count). The summed E-state index contributed by atoms with van der Waals surface area (Å²) >= 11 is 0. The topological polar surface area (TPSA) is 24.5 Å². The molecule has 2 aliphatic rings. The third kappa shape index (κ3) is 5.82. The minimum Gasteiger partial charge on any atom is -0.376 e. The quantitative estimate of drug-likeness (QED) is 0.859. The fourth-order valence-corrected chi connectivity index (χ4v) is 4.27. The van der Waals surface area contributed by atoms with Crippen molar-refractivity contribution in [1.29, 1.82) is 0 Å². The van der Waals surface area contributed by atoms with Crippen LogP contribution in [0.2, 0.25) is 0 Å². The average Bonchev–Trinajstić information content (AvgIpc) is 2.65. The molecule has 2 heterocycles. The van der Waals surface area contributed by atoms with Crippen LogP contribution in [0.25, 0.3) is 0 Å². The third-order valence-corrected chi connectivity index (χ3v) is 5.36. The van der Waals surface area contributed by atoms with Crippen molar-refractivity contribution in [3.05, 3.63) is 0 Å². The highest BCUT2D eigenvalue weighted by molar-refractivity contribution is 4.86. The molecule has 3 heteroatoms. The smallest absolute Gasteiger partial charge is 0.0707 e. The SMILES string of the molecule is CC(C)(C)CN1CCOC(CC(C)(C)C2CCCNCC2)C1. The van der Waals surface area contributed by atoms with Gasteiger partial charge in [0.1, 0.15) is 0 Å². The van der Waals surface area contributed by atoms with Gasteiger partial charge in [-0.2, -0.15) is 0 Å². The van der Waals surface area contributed by atoms with Crippen LogP contribution in [-0.2, 0) is 4.74 Å². The molecule has 0 amide bonds. The van der Waals surface area contributed by atoms with Crippen LogP contribution in [0, 0.1) is 16.7 Å². The van der Waals surface area contributed by atoms with Gasteiger partial charge in [-0.25, -0.2) is 0 Å². The maximum absolute atomic E-state index is 6.12. The molecule has 2 aliphatic heterocycles. The van der Waals surface area contributed by atoms with Crippen LogP contribution < -0.4 is 5.32 Å². The zero-order valence-corrected chi connectivity index (χ0v) is 15.6. The van der Waals surface area contributed by atoms with Crippen molar-refractivity contribution in [3.8, 4) is 0 Å². The van der Waals surface area contributed by atoms with Crippen LogP contribution in [0.5, 0.6) is 0 Å². The maximum Gasteiger partial charge on any atom is 0.0707 e. The van der Waals surface area contributed by atoms with Gasteiger partial charge in [0.05, 0.1) is 12.7 Å². The second-order valence-electron chi connectivity index (χ2n) is 9.36. The van der Waals surface area contributed by atoms with Gasteiger partial charge in [0.2, 0.25) is 0 Å². The molecule has 3 nitrogen and oxygen atoms in total. The first-order valence-electron chi connectivity index (χ1n) is 9.31. The predicted molar refractivity (Wildman–Crippen MR) is 94.2 cm³/mol. The lowest BCUT2D eigenvalue weighted by Gasteiger charge is -2.41. The van der Waals surface area contributed by atoms with E-state index >= 15 is 0 Å². The zero-order valence-electron chi connectivity index (χ0n) is 15.6. The molecule has 0 radical (unpaired) electrons. The average molecular weight is 311 g/mol. The van der Waals surface area contributed by atoms with Crippen molar-refractivity contribution in [3.63, 3.8) is 0 Å². The van der Waals surface area contributed by atoms with Crippen LogP contribution in [-0.4, -0.2) is 50.3 Å². The Balaban J connectivity index is 1.87. The van der Waals surface area contributed by atoms with Crippen LogP contribution in [0.15, 0.2) is 0 Å². The molecule has 0 aromatic heterocycles. The summed E-state index contributed by atoms with van der Waals surface area (Å²) in [7, 11) is 0. The first kappa shape index (κ1) is 18.2. The molecule has 0 aromatic rings. The predicted octanol–water partition coefficient (Wildman–Crippen LogP) is 3.54. The number of nitrogens with zero attached hydrogens (tertiary/aromatic N) is 1. The lowest BCUT2D eigenvalue weighted by atomic mass is 9.71. The summed E-state index contributed by atoms with van der Waals surface area (Å²) in [6, 6.07) is 0. The van der Waals surface area contributed by atoms with E-state index in [9.17, 15) is 0 Å². The van der Waals surface area contributed by atoms with Crippen molar-refractivity contribution in [2.75, 3.05) is 39.3 Å². The standard InChI is InChI=1S/C19H38N2O/c1-18(2,3)15-21-11-12-22-17(14-21)13-19(4,5)16-7-6-9-20-10-8-16/h16-17,20H,6-15H2,1-5H3. The summed E-state index contributed by atoms with van der Waals surface area (Å²) in [6.45, 7) is 18.6. The number of hydrogen-bond donors (Lipinski definition) is 1. The van der Waals surface area contributed by atoms with Crippen LogP contribution >= 0.6 is 0 Å². The molecular formula is C19H38N2O. The molecule has 2 unspecified atom stereocenters. The number of morpholine rings is 1. The van der Waals surface area contributed by atoms with E-state index < -0.39 is 0 Å². The first-order valence-corrected chi connectivity index (χ1v) is 9.31. The Morgan fingerprint density at radius 2 is 1.86 bits per heavy atom. The van der Waals surface area contributed by atoms with E-state index in [1.54, 1.807) is 0 Å². The summed E-state index contributed by atoms with van der Waals surface area (Å²) in [4.78, 5) is 2.61. The van der Waals surface area contributed by atoms with Crippen LogP contribution in [0.3, 0.4) is 0 Å². The molecule has 0 spiro atoms. The van der Waals surface area contributed by atoms with E-state index in [0.717, 1.165) is 25.6 Å². The lowest BCUT2D eigenvalue weighted by molar-refractivity contribution is -0.0619. The highest BCUT2D eigenvalue weighted by Crippen LogP contribution is 2.39. The van der Waals surface area contributed by atoms with Gasteiger partial charge in [0.25, 0.3) is 0 Å². The maximum atomic E-state index is 6.12. The summed E-state index contributed by atoms with van der Waals surface area (Å²) in [6.07, 6.45) is 5.65. The number of rotatable bonds is 4. The van der Waals surface area contributed by atoms with Gasteiger partial charge in [-0.1, -0.05) is 34.6 Å². The van der Waals surface area contributed by atoms with Crippen LogP contribution in [0.4, 0.5) is 0 Å². The van der Waals surface area contributed by atoms with E-state index in [1.807, 2.05) is 0 Å². The first-order chi connectivity index (χ1) is 10.3. The largest absolute Gasteiger partial charge is 0.376 e. The molecule has 0 aliphatic carbocycles. The second kappa shape index (κ2) is 7.63. The minimum absolute atomic E-state index is 0.379. The summed E-state index contributed by atoms with van der Waals surface area (Å²) < 4.78 is 6.12. The normalized spacial score (nSPS) is 29.3. The monoisotopic (exact) mass is 310 g/mol. The van der Waals surface area contributed by atoms with Gasteiger partial charge in [0, 0.05) is 19.6 Å². The number of hydrogen-bond acceptors (Lipinski definition) is 3. The Morgan fingerprint density at radius 1 is 1.09 bits per heavy atom. The van der Waals surface area contributed by atoms with Crippen molar-refractivity contribution >= 4 is 0 Å². The Bertz CT molecular complexity index is 327. The Kier molecular flexibility index (Phi) is 6.32. The van der Waals surface area contributed by atoms with Crippen molar-refractivity contribution in [1.82, 2.24) is 10.2 Å². The molecular weight excluding hydrogens is 272 g/mol. The fraction of sp³-hybridized carbons (Fsp3) is 1.00. The Morgan fingerprint density at radius 3 is 2.59 bits per heavy atom. The second-order valence-corrected chi connectivity index (χ2v) is 9.36. The van der Waals surface area contributed by atoms with Gasteiger partial charge in [0.15, 0.2) is 0 Å².